The van der Waals surface area contributed by atoms with Crippen molar-refractivity contribution in [2.75, 3.05) is 18.0 Å². The first-order chi connectivity index (χ1) is 9.09. The number of nitrogens with zero attached hydrogens (tertiary/aromatic N) is 3. The van der Waals surface area contributed by atoms with Gasteiger partial charge in [0, 0.05) is 11.5 Å². The largest absolute Gasteiger partial charge is 0.368 e. The summed E-state index contributed by atoms with van der Waals surface area (Å²) in [5.74, 6) is -0.133. The molecule has 0 saturated heterocycles. The van der Waals surface area contributed by atoms with Crippen LogP contribution in [0.15, 0.2) is 10.7 Å². The maximum Gasteiger partial charge on any atom is 0.237 e. The summed E-state index contributed by atoms with van der Waals surface area (Å²) in [5, 5.41) is 0. The first-order valence-corrected chi connectivity index (χ1v) is 6.75. The van der Waals surface area contributed by atoms with E-state index in [4.69, 9.17) is 11.5 Å². The molecule has 1 aromatic heterocycles. The molecule has 8 heteroatoms. The SMILES string of the molecule is CC(C)(C)c1nc(Br)cc(N(CC(N)=O)CC(N)=O)n1. The van der Waals surface area contributed by atoms with E-state index < -0.39 is 11.8 Å². The predicted octanol–water partition coefficient (Wildman–Crippen LogP) is 0.314. The minimum Gasteiger partial charge on any atom is -0.368 e. The van der Waals surface area contributed by atoms with E-state index in [1.54, 1.807) is 6.07 Å². The van der Waals surface area contributed by atoms with Gasteiger partial charge in [-0.25, -0.2) is 9.97 Å². The lowest BCUT2D eigenvalue weighted by Crippen LogP contribution is -2.40. The molecule has 1 rings (SSSR count). The van der Waals surface area contributed by atoms with Crippen molar-refractivity contribution in [1.29, 1.82) is 0 Å². The Bertz CT molecular complexity index is 511. The highest BCUT2D eigenvalue weighted by Crippen LogP contribution is 2.24. The molecule has 1 aromatic rings. The number of aromatic nitrogens is 2. The minimum atomic E-state index is -0.571. The van der Waals surface area contributed by atoms with Crippen molar-refractivity contribution in [2.24, 2.45) is 11.5 Å². The molecule has 0 atom stereocenters. The van der Waals surface area contributed by atoms with Crippen LogP contribution < -0.4 is 16.4 Å². The number of halogens is 1. The molecule has 0 unspecified atom stereocenters. The maximum absolute atomic E-state index is 11.1. The van der Waals surface area contributed by atoms with Crippen molar-refractivity contribution in [2.45, 2.75) is 26.2 Å². The molecule has 0 aliphatic rings. The maximum atomic E-state index is 11.1. The molecule has 0 aromatic carbocycles. The molecule has 1 heterocycles. The second kappa shape index (κ2) is 6.17. The van der Waals surface area contributed by atoms with Gasteiger partial charge in [-0.1, -0.05) is 20.8 Å². The summed E-state index contributed by atoms with van der Waals surface area (Å²) >= 11 is 3.30. The fraction of sp³-hybridized carbons (Fsp3) is 0.500. The normalized spacial score (nSPS) is 11.2. The average molecular weight is 344 g/mol. The van der Waals surface area contributed by atoms with Gasteiger partial charge in [-0.15, -0.1) is 0 Å². The van der Waals surface area contributed by atoms with Crippen molar-refractivity contribution in [3.8, 4) is 0 Å². The lowest BCUT2D eigenvalue weighted by atomic mass is 9.96. The molecular weight excluding hydrogens is 326 g/mol. The van der Waals surface area contributed by atoms with Crippen LogP contribution in [0.2, 0.25) is 0 Å². The standard InChI is InChI=1S/C12H18BrN5O2/c1-12(2,3)11-16-7(13)4-10(17-11)18(5-8(14)19)6-9(15)20/h4H,5-6H2,1-3H3,(H2,14,19)(H2,15,20). The van der Waals surface area contributed by atoms with E-state index in [1.807, 2.05) is 20.8 Å². The lowest BCUT2D eigenvalue weighted by Gasteiger charge is -2.23. The number of hydrogen-bond acceptors (Lipinski definition) is 5. The molecule has 0 saturated carbocycles. The van der Waals surface area contributed by atoms with E-state index in [9.17, 15) is 9.59 Å². The van der Waals surface area contributed by atoms with Crippen molar-refractivity contribution in [3.63, 3.8) is 0 Å². The zero-order valence-corrected chi connectivity index (χ0v) is 13.3. The molecule has 0 fully saturated rings. The first-order valence-electron chi connectivity index (χ1n) is 5.96. The Kier molecular flexibility index (Phi) is 5.04. The molecular formula is C12H18BrN5O2. The van der Waals surface area contributed by atoms with Crippen LogP contribution in [0.1, 0.15) is 26.6 Å². The summed E-state index contributed by atoms with van der Waals surface area (Å²) in [7, 11) is 0. The van der Waals surface area contributed by atoms with Gasteiger partial charge in [0.05, 0.1) is 13.1 Å². The number of carbonyl (C=O) groups excluding carboxylic acids is 2. The third-order valence-electron chi connectivity index (χ3n) is 2.37. The van der Waals surface area contributed by atoms with E-state index in [-0.39, 0.29) is 18.5 Å². The number of carbonyl (C=O) groups is 2. The van der Waals surface area contributed by atoms with E-state index >= 15 is 0 Å². The molecule has 0 radical (unpaired) electrons. The number of rotatable bonds is 5. The molecule has 110 valence electrons. The Morgan fingerprint density at radius 3 is 2.10 bits per heavy atom. The quantitative estimate of drug-likeness (QED) is 0.746. The van der Waals surface area contributed by atoms with Crippen molar-refractivity contribution in [3.05, 3.63) is 16.5 Å². The molecule has 0 spiro atoms. The number of primary amides is 2. The lowest BCUT2D eigenvalue weighted by molar-refractivity contribution is -0.117. The fourth-order valence-electron chi connectivity index (χ4n) is 1.50. The third kappa shape index (κ3) is 4.76. The van der Waals surface area contributed by atoms with Gasteiger partial charge < -0.3 is 16.4 Å². The summed E-state index contributed by atoms with van der Waals surface area (Å²) in [6, 6.07) is 1.61. The summed E-state index contributed by atoms with van der Waals surface area (Å²) in [6.07, 6.45) is 0. The molecule has 0 aliphatic heterocycles. The number of amides is 2. The molecule has 7 nitrogen and oxygen atoms in total. The van der Waals surface area contributed by atoms with Gasteiger partial charge in [-0.05, 0) is 15.9 Å². The topological polar surface area (TPSA) is 115 Å². The van der Waals surface area contributed by atoms with Gasteiger partial charge in [0.2, 0.25) is 11.8 Å². The Balaban J connectivity index is 3.21. The van der Waals surface area contributed by atoms with Crippen LogP contribution in [0, 0.1) is 0 Å². The van der Waals surface area contributed by atoms with Crippen molar-refractivity contribution < 1.29 is 9.59 Å². The van der Waals surface area contributed by atoms with Crippen LogP contribution in [0.3, 0.4) is 0 Å². The number of nitrogens with two attached hydrogens (primary N) is 2. The Morgan fingerprint density at radius 1 is 1.20 bits per heavy atom. The summed E-state index contributed by atoms with van der Waals surface area (Å²) < 4.78 is 0.561. The van der Waals surface area contributed by atoms with Crippen LogP contribution in [0.5, 0.6) is 0 Å². The van der Waals surface area contributed by atoms with Gasteiger partial charge in [-0.2, -0.15) is 0 Å². The predicted molar refractivity (Wildman–Crippen MR) is 79.0 cm³/mol. The molecule has 20 heavy (non-hydrogen) atoms. The highest BCUT2D eigenvalue weighted by molar-refractivity contribution is 9.10. The van der Waals surface area contributed by atoms with Crippen molar-refractivity contribution in [1.82, 2.24) is 9.97 Å². The van der Waals surface area contributed by atoms with Crippen LogP contribution in [0.25, 0.3) is 0 Å². The Hall–Kier alpha value is -1.70. The molecule has 0 bridgehead atoms. The summed E-state index contributed by atoms with van der Waals surface area (Å²) in [5.41, 5.74) is 10.1. The van der Waals surface area contributed by atoms with E-state index in [0.717, 1.165) is 0 Å². The monoisotopic (exact) mass is 343 g/mol. The van der Waals surface area contributed by atoms with E-state index in [1.165, 1.54) is 4.90 Å². The minimum absolute atomic E-state index is 0.143. The van der Waals surface area contributed by atoms with Gasteiger partial charge in [0.25, 0.3) is 0 Å². The van der Waals surface area contributed by atoms with Crippen molar-refractivity contribution >= 4 is 33.6 Å². The smallest absolute Gasteiger partial charge is 0.237 e. The molecule has 0 aliphatic carbocycles. The number of anilines is 1. The van der Waals surface area contributed by atoms with Gasteiger partial charge in [0.1, 0.15) is 16.2 Å². The van der Waals surface area contributed by atoms with Crippen LogP contribution >= 0.6 is 15.9 Å². The first kappa shape index (κ1) is 16.4. The summed E-state index contributed by atoms with van der Waals surface area (Å²) in [4.78, 5) is 32.3. The van der Waals surface area contributed by atoms with Crippen LogP contribution in [0.4, 0.5) is 5.82 Å². The average Bonchev–Trinajstić information content (AvgIpc) is 2.24. The Labute approximate surface area is 125 Å². The molecule has 2 amide bonds. The summed E-state index contributed by atoms with van der Waals surface area (Å²) in [6.45, 7) is 5.60. The van der Waals surface area contributed by atoms with E-state index in [2.05, 4.69) is 25.9 Å². The van der Waals surface area contributed by atoms with Gasteiger partial charge in [0.15, 0.2) is 0 Å². The second-order valence-electron chi connectivity index (χ2n) is 5.41. The zero-order chi connectivity index (χ0) is 15.5. The third-order valence-corrected chi connectivity index (χ3v) is 2.78. The van der Waals surface area contributed by atoms with Crippen LogP contribution in [-0.2, 0) is 15.0 Å². The second-order valence-corrected chi connectivity index (χ2v) is 6.22. The zero-order valence-electron chi connectivity index (χ0n) is 11.7. The van der Waals surface area contributed by atoms with Gasteiger partial charge in [-0.3, -0.25) is 9.59 Å². The van der Waals surface area contributed by atoms with Crippen LogP contribution in [-0.4, -0.2) is 34.9 Å². The highest BCUT2D eigenvalue weighted by Gasteiger charge is 2.21. The highest BCUT2D eigenvalue weighted by atomic mass is 79.9. The fourth-order valence-corrected chi connectivity index (χ4v) is 1.87. The Morgan fingerprint density at radius 2 is 1.70 bits per heavy atom. The molecule has 4 N–H and O–H groups in total. The van der Waals surface area contributed by atoms with E-state index in [0.29, 0.717) is 16.2 Å². The number of hydrogen-bond donors (Lipinski definition) is 2. The van der Waals surface area contributed by atoms with Gasteiger partial charge >= 0.3 is 0 Å².